The lowest BCUT2D eigenvalue weighted by Gasteiger charge is -2.05. The molecule has 0 saturated carbocycles. The smallest absolute Gasteiger partial charge is 0.143 e. The Kier molecular flexibility index (Phi) is 2.12. The zero-order chi connectivity index (χ0) is 15.8. The van der Waals surface area contributed by atoms with Crippen molar-refractivity contribution in [3.05, 3.63) is 66.7 Å². The molecular formula is C22H11BO. The summed E-state index contributed by atoms with van der Waals surface area (Å²) < 4.78 is 6.27. The minimum atomic E-state index is 0.820. The summed E-state index contributed by atoms with van der Waals surface area (Å²) in [7, 11) is 6.32. The molecule has 0 spiro atoms. The molecule has 24 heavy (non-hydrogen) atoms. The molecule has 1 aliphatic rings. The SMILES string of the molecule is [B]c1cccc2c1-c1cccc3cc4c(oc5ccccc54)c-2c13. The number of fused-ring (bicyclic) bond motifs is 7. The molecule has 0 aliphatic heterocycles. The van der Waals surface area contributed by atoms with Crippen LogP contribution in [-0.4, -0.2) is 7.85 Å². The van der Waals surface area contributed by atoms with E-state index in [9.17, 15) is 0 Å². The van der Waals surface area contributed by atoms with Gasteiger partial charge < -0.3 is 4.42 Å². The summed E-state index contributed by atoms with van der Waals surface area (Å²) in [5.41, 5.74) is 7.39. The molecule has 0 atom stereocenters. The first-order valence-corrected chi connectivity index (χ1v) is 8.09. The van der Waals surface area contributed by atoms with Crippen molar-refractivity contribution in [3.8, 4) is 22.3 Å². The Labute approximate surface area is 139 Å². The molecule has 0 N–H and O–H groups in total. The number of hydrogen-bond acceptors (Lipinski definition) is 1. The van der Waals surface area contributed by atoms with Crippen LogP contribution < -0.4 is 5.46 Å². The number of rotatable bonds is 0. The molecule has 1 aliphatic carbocycles. The summed E-state index contributed by atoms with van der Waals surface area (Å²) in [6, 6.07) is 23.0. The second-order valence-corrected chi connectivity index (χ2v) is 6.40. The van der Waals surface area contributed by atoms with Crippen LogP contribution in [0.15, 0.2) is 71.1 Å². The van der Waals surface area contributed by atoms with Gasteiger partial charge in [0.2, 0.25) is 0 Å². The van der Waals surface area contributed by atoms with Gasteiger partial charge in [-0.05, 0) is 34.2 Å². The maximum absolute atomic E-state index is 6.32. The molecular weight excluding hydrogens is 291 g/mol. The van der Waals surface area contributed by atoms with Crippen LogP contribution in [-0.2, 0) is 0 Å². The zero-order valence-electron chi connectivity index (χ0n) is 12.8. The van der Waals surface area contributed by atoms with Crippen LogP contribution in [0.2, 0.25) is 0 Å². The van der Waals surface area contributed by atoms with Gasteiger partial charge in [-0.1, -0.05) is 60.1 Å². The van der Waals surface area contributed by atoms with Crippen LogP contribution in [0.3, 0.4) is 0 Å². The Hall–Kier alpha value is -3.00. The minimum absolute atomic E-state index is 0.820. The van der Waals surface area contributed by atoms with Gasteiger partial charge in [0.15, 0.2) is 0 Å². The number of furan rings is 1. The van der Waals surface area contributed by atoms with E-state index in [0.717, 1.165) is 27.6 Å². The highest BCUT2D eigenvalue weighted by Gasteiger charge is 2.26. The standard InChI is InChI=1S/C22H11BO/c23-17-9-4-8-15-20(17)14-7-3-5-12-11-16-13-6-1-2-10-18(13)24-22(16)21(15)19(12)14/h1-11H. The van der Waals surface area contributed by atoms with Gasteiger partial charge in [0.1, 0.15) is 19.0 Å². The van der Waals surface area contributed by atoms with E-state index in [0.29, 0.717) is 0 Å². The van der Waals surface area contributed by atoms with Crippen molar-refractivity contribution in [1.29, 1.82) is 0 Å². The van der Waals surface area contributed by atoms with Crippen LogP contribution in [0.1, 0.15) is 0 Å². The second-order valence-electron chi connectivity index (χ2n) is 6.40. The lowest BCUT2D eigenvalue weighted by molar-refractivity contribution is 0.670. The normalized spacial score (nSPS) is 12.3. The molecule has 0 amide bonds. The molecule has 5 aromatic rings. The summed E-state index contributed by atoms with van der Waals surface area (Å²) in [6.07, 6.45) is 0. The summed E-state index contributed by atoms with van der Waals surface area (Å²) in [5.74, 6) is 0. The molecule has 6 rings (SSSR count). The van der Waals surface area contributed by atoms with Crippen molar-refractivity contribution in [1.82, 2.24) is 0 Å². The van der Waals surface area contributed by atoms with Crippen molar-refractivity contribution in [2.24, 2.45) is 0 Å². The summed E-state index contributed by atoms with van der Waals surface area (Å²) in [5, 5.41) is 4.81. The molecule has 0 unspecified atom stereocenters. The zero-order valence-corrected chi connectivity index (χ0v) is 12.8. The van der Waals surface area contributed by atoms with E-state index < -0.39 is 0 Å². The van der Waals surface area contributed by atoms with E-state index in [1.165, 1.54) is 32.8 Å². The van der Waals surface area contributed by atoms with Gasteiger partial charge in [-0.15, -0.1) is 0 Å². The topological polar surface area (TPSA) is 13.1 Å². The Bertz CT molecular complexity index is 1310. The largest absolute Gasteiger partial charge is 0.455 e. The van der Waals surface area contributed by atoms with Gasteiger partial charge in [-0.25, -0.2) is 0 Å². The van der Waals surface area contributed by atoms with Crippen molar-refractivity contribution in [3.63, 3.8) is 0 Å². The Morgan fingerprint density at radius 3 is 2.50 bits per heavy atom. The summed E-state index contributed by atoms with van der Waals surface area (Å²) >= 11 is 0. The maximum atomic E-state index is 6.32. The van der Waals surface area contributed by atoms with E-state index in [4.69, 9.17) is 12.3 Å². The molecule has 0 bridgehead atoms. The molecule has 0 fully saturated rings. The van der Waals surface area contributed by atoms with Gasteiger partial charge in [-0.3, -0.25) is 0 Å². The van der Waals surface area contributed by atoms with E-state index in [2.05, 4.69) is 42.5 Å². The second kappa shape index (κ2) is 4.10. The van der Waals surface area contributed by atoms with Crippen molar-refractivity contribution in [2.75, 3.05) is 0 Å². The van der Waals surface area contributed by atoms with Gasteiger partial charge in [0, 0.05) is 21.7 Å². The van der Waals surface area contributed by atoms with E-state index in [1.807, 2.05) is 24.3 Å². The summed E-state index contributed by atoms with van der Waals surface area (Å²) in [6.45, 7) is 0. The maximum Gasteiger partial charge on any atom is 0.143 e. The van der Waals surface area contributed by atoms with Crippen molar-refractivity contribution < 1.29 is 4.42 Å². The molecule has 2 heteroatoms. The third kappa shape index (κ3) is 1.33. The molecule has 0 saturated heterocycles. The van der Waals surface area contributed by atoms with Crippen LogP contribution in [0, 0.1) is 0 Å². The Morgan fingerprint density at radius 1 is 0.708 bits per heavy atom. The first-order valence-electron chi connectivity index (χ1n) is 8.09. The number of benzene rings is 4. The fourth-order valence-electron chi connectivity index (χ4n) is 4.18. The van der Waals surface area contributed by atoms with Gasteiger partial charge in [0.05, 0.1) is 0 Å². The molecule has 2 radical (unpaired) electrons. The Balaban J connectivity index is 1.96. The molecule has 1 aromatic heterocycles. The van der Waals surface area contributed by atoms with Crippen LogP contribution in [0.5, 0.6) is 0 Å². The average molecular weight is 302 g/mol. The fourth-order valence-corrected chi connectivity index (χ4v) is 4.18. The molecule has 1 heterocycles. The average Bonchev–Trinajstić information content (AvgIpc) is 3.14. The molecule has 1 nitrogen and oxygen atoms in total. The van der Waals surface area contributed by atoms with E-state index in [-0.39, 0.29) is 0 Å². The van der Waals surface area contributed by atoms with Crippen LogP contribution in [0.4, 0.5) is 0 Å². The van der Waals surface area contributed by atoms with E-state index in [1.54, 1.807) is 0 Å². The predicted octanol–water partition coefficient (Wildman–Crippen LogP) is 5.18. The van der Waals surface area contributed by atoms with Gasteiger partial charge >= 0.3 is 0 Å². The van der Waals surface area contributed by atoms with Crippen molar-refractivity contribution in [2.45, 2.75) is 0 Å². The summed E-state index contributed by atoms with van der Waals surface area (Å²) in [4.78, 5) is 0. The monoisotopic (exact) mass is 302 g/mol. The molecule has 108 valence electrons. The number of para-hydroxylation sites is 1. The third-order valence-electron chi connectivity index (χ3n) is 5.14. The quantitative estimate of drug-likeness (QED) is 0.352. The van der Waals surface area contributed by atoms with Crippen LogP contribution >= 0.6 is 0 Å². The lowest BCUT2D eigenvalue weighted by atomic mass is 9.86. The van der Waals surface area contributed by atoms with Crippen molar-refractivity contribution >= 4 is 46.0 Å². The first kappa shape index (κ1) is 12.4. The Morgan fingerprint density at radius 2 is 1.54 bits per heavy atom. The first-order chi connectivity index (χ1) is 11.8. The van der Waals surface area contributed by atoms with Gasteiger partial charge in [-0.2, -0.15) is 0 Å². The fraction of sp³-hybridized carbons (Fsp3) is 0. The highest BCUT2D eigenvalue weighted by molar-refractivity contribution is 6.40. The minimum Gasteiger partial charge on any atom is -0.455 e. The highest BCUT2D eigenvalue weighted by Crippen LogP contribution is 2.50. The predicted molar refractivity (Wildman–Crippen MR) is 101 cm³/mol. The number of hydrogen-bond donors (Lipinski definition) is 0. The van der Waals surface area contributed by atoms with Crippen LogP contribution in [0.25, 0.3) is 55.0 Å². The lowest BCUT2D eigenvalue weighted by Crippen LogP contribution is -2.05. The third-order valence-corrected chi connectivity index (χ3v) is 5.14. The highest BCUT2D eigenvalue weighted by atomic mass is 16.3. The molecule has 4 aromatic carbocycles. The van der Waals surface area contributed by atoms with E-state index >= 15 is 0 Å². The van der Waals surface area contributed by atoms with Gasteiger partial charge in [0.25, 0.3) is 0 Å².